The Hall–Kier alpha value is -2.15. The molecule has 25 heavy (non-hydrogen) atoms. The van der Waals surface area contributed by atoms with Gasteiger partial charge in [-0.05, 0) is 35.4 Å². The first-order chi connectivity index (χ1) is 11.5. The van der Waals surface area contributed by atoms with Crippen molar-refractivity contribution in [1.29, 1.82) is 0 Å². The van der Waals surface area contributed by atoms with Crippen molar-refractivity contribution in [3.05, 3.63) is 59.7 Å². The summed E-state index contributed by atoms with van der Waals surface area (Å²) in [6, 6.07) is 14.8. The molecule has 0 saturated carbocycles. The van der Waals surface area contributed by atoms with Gasteiger partial charge in [0, 0.05) is 14.1 Å². The third-order valence-electron chi connectivity index (χ3n) is 2.94. The number of aliphatic carboxylic acids is 1. The zero-order chi connectivity index (χ0) is 17.4. The van der Waals surface area contributed by atoms with E-state index in [2.05, 4.69) is 10.3 Å². The normalized spacial score (nSPS) is 10.6. The number of carbonyl (C=O) groups excluding carboxylic acids is 1. The fourth-order valence-electron chi connectivity index (χ4n) is 1.80. The zero-order valence-corrected chi connectivity index (χ0v) is 16.5. The monoisotopic (exact) mass is 347 g/mol. The molecule has 124 valence electrons. The molecule has 0 amide bonds. The van der Waals surface area contributed by atoms with Crippen molar-refractivity contribution >= 4 is 23.8 Å². The Bertz CT molecular complexity index is 726. The molecule has 0 atom stereocenters. The number of rotatable bonds is 7. The second-order valence-electron chi connectivity index (χ2n) is 5.19. The molecule has 0 radical (unpaired) electrons. The molecule has 0 heterocycles. The van der Waals surface area contributed by atoms with Crippen LogP contribution in [0.25, 0.3) is 12.2 Å². The fraction of sp³-hybridized carbons (Fsp3) is 0.167. The van der Waals surface area contributed by atoms with E-state index >= 15 is 0 Å². The first-order valence-corrected chi connectivity index (χ1v) is 7.33. The first kappa shape index (κ1) is 20.9. The van der Waals surface area contributed by atoms with Crippen molar-refractivity contribution in [2.45, 2.75) is 0 Å². The molecule has 0 aliphatic heterocycles. The van der Waals surface area contributed by atoms with Gasteiger partial charge in [-0.1, -0.05) is 41.6 Å². The van der Waals surface area contributed by atoms with Crippen LogP contribution in [0.1, 0.15) is 11.1 Å². The summed E-state index contributed by atoms with van der Waals surface area (Å²) in [5, 5.41) is 20.0. The van der Waals surface area contributed by atoms with Crippen molar-refractivity contribution < 1.29 is 44.2 Å². The average molecular weight is 347 g/mol. The largest absolute Gasteiger partial charge is 1.00 e. The quantitative estimate of drug-likeness (QED) is 0.294. The molecule has 2 rings (SSSR count). The third kappa shape index (κ3) is 7.98. The summed E-state index contributed by atoms with van der Waals surface area (Å²) < 4.78 is 5.03. The Balaban J connectivity index is 0.00000312. The molecular formula is C18H18N3NaO3. The molecular weight excluding hydrogens is 329 g/mol. The molecule has 0 spiro atoms. The second kappa shape index (κ2) is 10.7. The summed E-state index contributed by atoms with van der Waals surface area (Å²) >= 11 is 0. The SMILES string of the molecule is CN(C)N=Nc1ccc(/C=C/c2ccc(OCC(=O)[O-])cc2)cc1.[Na+]. The van der Waals surface area contributed by atoms with Crippen molar-refractivity contribution in [2.75, 3.05) is 20.7 Å². The number of benzene rings is 2. The molecule has 0 saturated heterocycles. The topological polar surface area (TPSA) is 77.3 Å². The molecule has 0 fully saturated rings. The van der Waals surface area contributed by atoms with Crippen molar-refractivity contribution in [1.82, 2.24) is 5.01 Å². The summed E-state index contributed by atoms with van der Waals surface area (Å²) in [4.78, 5) is 10.3. The van der Waals surface area contributed by atoms with E-state index in [4.69, 9.17) is 4.74 Å². The molecule has 6 nitrogen and oxygen atoms in total. The standard InChI is InChI=1S/C18H19N3O3.Na/c1-21(2)20-19-16-9-5-14(6-10-16)3-4-15-7-11-17(12-8-15)24-13-18(22)23;/h3-12H,13H2,1-2H3,(H,22,23);/q;+1/p-1/b4-3+,20-19?;. The van der Waals surface area contributed by atoms with Crippen LogP contribution in [0.15, 0.2) is 58.9 Å². The van der Waals surface area contributed by atoms with Gasteiger partial charge in [-0.2, -0.15) is 0 Å². The van der Waals surface area contributed by atoms with Crippen LogP contribution in [0.3, 0.4) is 0 Å². The van der Waals surface area contributed by atoms with E-state index in [1.54, 1.807) is 17.1 Å². The maximum Gasteiger partial charge on any atom is 1.00 e. The summed E-state index contributed by atoms with van der Waals surface area (Å²) in [6.07, 6.45) is 3.93. The third-order valence-corrected chi connectivity index (χ3v) is 2.94. The Morgan fingerprint density at radius 2 is 1.56 bits per heavy atom. The molecule has 0 bridgehead atoms. The molecule has 0 N–H and O–H groups in total. The van der Waals surface area contributed by atoms with Crippen LogP contribution in [0.5, 0.6) is 5.75 Å². The molecule has 2 aromatic rings. The minimum Gasteiger partial charge on any atom is -0.546 e. The van der Waals surface area contributed by atoms with Gasteiger partial charge in [-0.3, -0.25) is 5.01 Å². The van der Waals surface area contributed by atoms with Gasteiger partial charge in [-0.25, -0.2) is 0 Å². The van der Waals surface area contributed by atoms with E-state index in [0.29, 0.717) is 5.75 Å². The van der Waals surface area contributed by atoms with Gasteiger partial charge >= 0.3 is 29.6 Å². The van der Waals surface area contributed by atoms with Crippen LogP contribution in [-0.2, 0) is 4.79 Å². The van der Waals surface area contributed by atoms with Crippen LogP contribution >= 0.6 is 0 Å². The van der Waals surface area contributed by atoms with Crippen LogP contribution < -0.4 is 39.4 Å². The number of nitrogens with zero attached hydrogens (tertiary/aromatic N) is 3. The van der Waals surface area contributed by atoms with Crippen molar-refractivity contribution in [3.63, 3.8) is 0 Å². The Labute approximate surface area is 169 Å². The molecule has 0 aliphatic rings. The van der Waals surface area contributed by atoms with Crippen LogP contribution in [0.2, 0.25) is 0 Å². The molecule has 2 aromatic carbocycles. The number of hydrogen-bond donors (Lipinski definition) is 0. The van der Waals surface area contributed by atoms with Crippen LogP contribution in [-0.4, -0.2) is 31.7 Å². The number of hydrogen-bond acceptors (Lipinski definition) is 5. The second-order valence-corrected chi connectivity index (χ2v) is 5.19. The van der Waals surface area contributed by atoms with Gasteiger partial charge in [0.2, 0.25) is 0 Å². The fourth-order valence-corrected chi connectivity index (χ4v) is 1.80. The Morgan fingerprint density at radius 1 is 1.04 bits per heavy atom. The van der Waals surface area contributed by atoms with E-state index in [1.807, 2.05) is 62.6 Å². The maximum absolute atomic E-state index is 10.3. The zero-order valence-electron chi connectivity index (χ0n) is 14.5. The molecule has 0 aromatic heterocycles. The summed E-state index contributed by atoms with van der Waals surface area (Å²) in [7, 11) is 3.63. The Morgan fingerprint density at radius 3 is 2.04 bits per heavy atom. The molecule has 0 aliphatic carbocycles. The van der Waals surface area contributed by atoms with Crippen molar-refractivity contribution in [3.8, 4) is 5.75 Å². The van der Waals surface area contributed by atoms with Gasteiger partial charge in [0.1, 0.15) is 12.4 Å². The van der Waals surface area contributed by atoms with Gasteiger partial charge < -0.3 is 14.6 Å². The van der Waals surface area contributed by atoms with Crippen LogP contribution in [0, 0.1) is 0 Å². The number of ether oxygens (including phenoxy) is 1. The van der Waals surface area contributed by atoms with E-state index in [-0.39, 0.29) is 29.6 Å². The smallest absolute Gasteiger partial charge is 0.546 e. The predicted molar refractivity (Wildman–Crippen MR) is 90.5 cm³/mol. The van der Waals surface area contributed by atoms with Gasteiger partial charge in [0.25, 0.3) is 0 Å². The van der Waals surface area contributed by atoms with Crippen molar-refractivity contribution in [2.24, 2.45) is 10.3 Å². The molecule has 7 heteroatoms. The van der Waals surface area contributed by atoms with E-state index < -0.39 is 12.6 Å². The summed E-state index contributed by atoms with van der Waals surface area (Å²) in [5.74, 6) is -0.750. The number of carboxylic acids is 1. The first-order valence-electron chi connectivity index (χ1n) is 7.33. The average Bonchev–Trinajstić information content (AvgIpc) is 2.58. The maximum atomic E-state index is 10.3. The minimum absolute atomic E-state index is 0. The predicted octanol–water partition coefficient (Wildman–Crippen LogP) is -0.450. The summed E-state index contributed by atoms with van der Waals surface area (Å²) in [5.41, 5.74) is 2.80. The van der Waals surface area contributed by atoms with Gasteiger partial charge in [-0.15, -0.1) is 5.11 Å². The van der Waals surface area contributed by atoms with E-state index in [1.165, 1.54) is 0 Å². The molecule has 0 unspecified atom stereocenters. The number of carboxylic acid groups (broad SMARTS) is 1. The van der Waals surface area contributed by atoms with E-state index in [0.717, 1.165) is 16.8 Å². The van der Waals surface area contributed by atoms with Crippen LogP contribution in [0.4, 0.5) is 5.69 Å². The minimum atomic E-state index is -1.24. The Kier molecular flexibility index (Phi) is 8.91. The number of carbonyl (C=O) groups is 1. The van der Waals surface area contributed by atoms with E-state index in [9.17, 15) is 9.90 Å². The van der Waals surface area contributed by atoms with Gasteiger partial charge in [0.05, 0.1) is 11.7 Å². The van der Waals surface area contributed by atoms with Gasteiger partial charge in [0.15, 0.2) is 0 Å². The summed E-state index contributed by atoms with van der Waals surface area (Å²) in [6.45, 7) is -0.452.